The molecule has 9 heteroatoms. The zero-order valence-electron chi connectivity index (χ0n) is 16.3. The van der Waals surface area contributed by atoms with E-state index >= 15 is 0 Å². The molecule has 2 aromatic carbocycles. The summed E-state index contributed by atoms with van der Waals surface area (Å²) in [5, 5.41) is 1.19. The Hall–Kier alpha value is -3.33. The molecule has 2 amide bonds. The minimum absolute atomic E-state index is 0.0172. The largest absolute Gasteiger partial charge is 0.490 e. The fourth-order valence-corrected chi connectivity index (χ4v) is 3.32. The van der Waals surface area contributed by atoms with Crippen molar-refractivity contribution in [3.8, 4) is 11.5 Å². The van der Waals surface area contributed by atoms with Crippen molar-refractivity contribution in [1.82, 2.24) is 5.43 Å². The number of anilines is 1. The summed E-state index contributed by atoms with van der Waals surface area (Å²) < 4.78 is 16.2. The highest BCUT2D eigenvalue weighted by molar-refractivity contribution is 9.10. The lowest BCUT2D eigenvalue weighted by molar-refractivity contribution is -0.143. The monoisotopic (exact) mass is 474 g/mol. The maximum atomic E-state index is 12.7. The summed E-state index contributed by atoms with van der Waals surface area (Å²) in [6, 6.07) is 12.1. The highest BCUT2D eigenvalue weighted by Crippen LogP contribution is 2.38. The molecule has 1 fully saturated rings. The first-order chi connectivity index (χ1) is 14.4. The molecule has 156 valence electrons. The van der Waals surface area contributed by atoms with Gasteiger partial charge in [-0.1, -0.05) is 18.2 Å². The van der Waals surface area contributed by atoms with Crippen LogP contribution >= 0.6 is 15.9 Å². The molecule has 0 radical (unpaired) electrons. The molecule has 0 saturated carbocycles. The number of carbonyl (C=O) groups excluding carboxylic acids is 3. The van der Waals surface area contributed by atoms with E-state index in [-0.39, 0.29) is 12.2 Å². The number of rotatable bonds is 7. The molecule has 1 N–H and O–H groups in total. The van der Waals surface area contributed by atoms with E-state index in [1.165, 1.54) is 18.2 Å². The quantitative estimate of drug-likeness (QED) is 0.376. The predicted octanol–water partition coefficient (Wildman–Crippen LogP) is 2.86. The summed E-state index contributed by atoms with van der Waals surface area (Å²) >= 11 is 3.39. The molecule has 0 aliphatic carbocycles. The van der Waals surface area contributed by atoms with Crippen molar-refractivity contribution in [1.29, 1.82) is 0 Å². The minimum atomic E-state index is -0.537. The lowest BCUT2D eigenvalue weighted by Gasteiger charge is -2.14. The number of hydrogen-bond acceptors (Lipinski definition) is 6. The number of halogens is 1. The Bertz CT molecular complexity index is 1010. The van der Waals surface area contributed by atoms with E-state index in [4.69, 9.17) is 9.47 Å². The second kappa shape index (κ2) is 9.45. The summed E-state index contributed by atoms with van der Waals surface area (Å²) in [5.41, 5.74) is 3.64. The number of carbonyl (C=O) groups is 3. The third kappa shape index (κ3) is 4.62. The van der Waals surface area contributed by atoms with Gasteiger partial charge in [0.1, 0.15) is 5.57 Å². The van der Waals surface area contributed by atoms with Crippen molar-refractivity contribution in [2.45, 2.75) is 6.92 Å². The first kappa shape index (κ1) is 21.4. The molecule has 3 rings (SSSR count). The average Bonchev–Trinajstić information content (AvgIpc) is 3.02. The molecule has 0 unspecified atom stereocenters. The number of nitrogens with zero attached hydrogens (tertiary/aromatic N) is 1. The molecule has 30 heavy (non-hydrogen) atoms. The van der Waals surface area contributed by atoms with Crippen LogP contribution in [0.2, 0.25) is 0 Å². The second-order valence-corrected chi connectivity index (χ2v) is 6.96. The van der Waals surface area contributed by atoms with E-state index < -0.39 is 17.8 Å². The fourth-order valence-electron chi connectivity index (χ4n) is 2.75. The van der Waals surface area contributed by atoms with Gasteiger partial charge in [0.15, 0.2) is 18.1 Å². The molecule has 0 bridgehead atoms. The first-order valence-electron chi connectivity index (χ1n) is 9.02. The number of esters is 1. The lowest BCUT2D eigenvalue weighted by atomic mass is 10.1. The Kier molecular flexibility index (Phi) is 6.73. The number of hydrazine groups is 1. The van der Waals surface area contributed by atoms with Crippen LogP contribution in [-0.2, 0) is 19.1 Å². The van der Waals surface area contributed by atoms with Gasteiger partial charge >= 0.3 is 5.97 Å². The third-order valence-electron chi connectivity index (χ3n) is 4.11. The first-order valence-corrected chi connectivity index (χ1v) is 9.82. The van der Waals surface area contributed by atoms with Crippen molar-refractivity contribution in [3.63, 3.8) is 0 Å². The van der Waals surface area contributed by atoms with Crippen molar-refractivity contribution in [2.75, 3.05) is 25.3 Å². The number of methoxy groups -OCH3 is 1. The van der Waals surface area contributed by atoms with E-state index in [0.29, 0.717) is 33.8 Å². The van der Waals surface area contributed by atoms with Crippen LogP contribution in [0, 0.1) is 0 Å². The van der Waals surface area contributed by atoms with E-state index in [0.717, 1.165) is 0 Å². The Balaban J connectivity index is 1.91. The summed E-state index contributed by atoms with van der Waals surface area (Å²) in [7, 11) is 1.27. The van der Waals surface area contributed by atoms with E-state index in [2.05, 4.69) is 26.1 Å². The number of hydrogen-bond donors (Lipinski definition) is 1. The molecule has 0 atom stereocenters. The molecular formula is C21H19BrN2O6. The Labute approximate surface area is 181 Å². The zero-order chi connectivity index (χ0) is 21.7. The highest BCUT2D eigenvalue weighted by atomic mass is 79.9. The Morgan fingerprint density at radius 2 is 1.90 bits per heavy atom. The summed E-state index contributed by atoms with van der Waals surface area (Å²) in [4.78, 5) is 36.5. The van der Waals surface area contributed by atoms with Gasteiger partial charge in [-0.3, -0.25) is 15.0 Å². The van der Waals surface area contributed by atoms with Gasteiger partial charge in [-0.2, -0.15) is 0 Å². The van der Waals surface area contributed by atoms with Gasteiger partial charge in [0.25, 0.3) is 11.8 Å². The Morgan fingerprint density at radius 1 is 1.17 bits per heavy atom. The standard InChI is InChI=1S/C21H19BrN2O6/c1-3-29-17-11-13(10-16(22)19(17)30-12-18(25)28-2)9-15-20(26)23-24(21(15)27)14-7-5-4-6-8-14/h4-11H,3,12H2,1-2H3,(H,23,26)/b15-9-. The van der Waals surface area contributed by atoms with Gasteiger partial charge in [-0.05, 0) is 58.8 Å². The van der Waals surface area contributed by atoms with Gasteiger partial charge in [-0.25, -0.2) is 9.80 Å². The number of para-hydroxylation sites is 1. The van der Waals surface area contributed by atoms with Crippen LogP contribution < -0.4 is 19.9 Å². The molecule has 1 heterocycles. The SMILES string of the molecule is CCOc1cc(/C=C2/C(=O)NN(c3ccccc3)C2=O)cc(Br)c1OCC(=O)OC. The lowest BCUT2D eigenvalue weighted by Crippen LogP contribution is -2.35. The van der Waals surface area contributed by atoms with Gasteiger partial charge in [0, 0.05) is 0 Å². The van der Waals surface area contributed by atoms with Crippen LogP contribution in [0.3, 0.4) is 0 Å². The number of amides is 2. The van der Waals surface area contributed by atoms with E-state index in [1.54, 1.807) is 43.3 Å². The van der Waals surface area contributed by atoms with Crippen LogP contribution in [0.25, 0.3) is 6.08 Å². The smallest absolute Gasteiger partial charge is 0.343 e. The van der Waals surface area contributed by atoms with Crippen LogP contribution in [0.4, 0.5) is 5.69 Å². The van der Waals surface area contributed by atoms with Crippen LogP contribution in [0.1, 0.15) is 12.5 Å². The summed E-state index contributed by atoms with van der Waals surface area (Å²) in [6.07, 6.45) is 1.47. The Morgan fingerprint density at radius 3 is 2.57 bits per heavy atom. The van der Waals surface area contributed by atoms with Crippen molar-refractivity contribution < 1.29 is 28.6 Å². The maximum Gasteiger partial charge on any atom is 0.343 e. The van der Waals surface area contributed by atoms with Gasteiger partial charge in [0.05, 0.1) is 23.9 Å². The summed E-state index contributed by atoms with van der Waals surface area (Å²) in [5.74, 6) is -0.842. The predicted molar refractivity (Wildman–Crippen MR) is 113 cm³/mol. The van der Waals surface area contributed by atoms with Gasteiger partial charge in [-0.15, -0.1) is 0 Å². The average molecular weight is 475 g/mol. The molecule has 1 aliphatic heterocycles. The number of ether oxygens (including phenoxy) is 3. The molecule has 1 saturated heterocycles. The maximum absolute atomic E-state index is 12.7. The zero-order valence-corrected chi connectivity index (χ0v) is 17.9. The molecule has 0 aromatic heterocycles. The summed E-state index contributed by atoms with van der Waals surface area (Å²) in [6.45, 7) is 1.86. The highest BCUT2D eigenvalue weighted by Gasteiger charge is 2.34. The topological polar surface area (TPSA) is 94.2 Å². The third-order valence-corrected chi connectivity index (χ3v) is 4.70. The van der Waals surface area contributed by atoms with Crippen LogP contribution in [0.15, 0.2) is 52.5 Å². The van der Waals surface area contributed by atoms with Crippen LogP contribution in [0.5, 0.6) is 11.5 Å². The van der Waals surface area contributed by atoms with Crippen molar-refractivity contribution >= 4 is 45.5 Å². The van der Waals surface area contributed by atoms with E-state index in [1.807, 2.05) is 6.07 Å². The molecule has 8 nitrogen and oxygen atoms in total. The van der Waals surface area contributed by atoms with Crippen molar-refractivity contribution in [3.05, 3.63) is 58.1 Å². The van der Waals surface area contributed by atoms with Crippen LogP contribution in [-0.4, -0.2) is 38.1 Å². The van der Waals surface area contributed by atoms with Gasteiger partial charge in [0.2, 0.25) is 0 Å². The second-order valence-electron chi connectivity index (χ2n) is 6.10. The number of benzene rings is 2. The molecule has 1 aliphatic rings. The van der Waals surface area contributed by atoms with E-state index in [9.17, 15) is 14.4 Å². The van der Waals surface area contributed by atoms with Gasteiger partial charge < -0.3 is 14.2 Å². The molecular weight excluding hydrogens is 456 g/mol. The molecule has 0 spiro atoms. The molecule has 2 aromatic rings. The minimum Gasteiger partial charge on any atom is -0.490 e. The fraction of sp³-hybridized carbons (Fsp3) is 0.190. The van der Waals surface area contributed by atoms with Crippen molar-refractivity contribution in [2.24, 2.45) is 0 Å². The number of nitrogens with one attached hydrogen (secondary N) is 1. The normalized spacial score (nSPS) is 14.6.